The topological polar surface area (TPSA) is 35.5 Å². The quantitative estimate of drug-likeness (QED) is 0.631. The largest absolute Gasteiger partial charge is 0.387 e. The van der Waals surface area contributed by atoms with Crippen molar-refractivity contribution < 1.29 is 5.11 Å². The highest BCUT2D eigenvalue weighted by Gasteiger charge is 2.46. The van der Waals surface area contributed by atoms with E-state index in [1.807, 2.05) is 0 Å². The molecule has 3 heteroatoms. The molecule has 0 aliphatic heterocycles. The van der Waals surface area contributed by atoms with Crippen molar-refractivity contribution >= 4 is 0 Å². The Bertz CT molecular complexity index is 213. The van der Waals surface area contributed by atoms with Gasteiger partial charge in [0.25, 0.3) is 0 Å². The molecule has 1 atom stereocenters. The Hall–Kier alpha value is -0.120. The summed E-state index contributed by atoms with van der Waals surface area (Å²) in [6.45, 7) is 17.9. The first kappa shape index (κ1) is 17.9. The molecule has 0 saturated carbocycles. The maximum absolute atomic E-state index is 11.2. The van der Waals surface area contributed by atoms with Crippen molar-refractivity contribution in [3.8, 4) is 0 Å². The molecule has 0 fully saturated rings. The van der Waals surface area contributed by atoms with Crippen LogP contribution >= 0.6 is 0 Å². The summed E-state index contributed by atoms with van der Waals surface area (Å²) in [6, 6.07) is 0. The van der Waals surface area contributed by atoms with E-state index in [1.54, 1.807) is 0 Å². The summed E-state index contributed by atoms with van der Waals surface area (Å²) in [6.07, 6.45) is 2.60. The average Bonchev–Trinajstić information content (AvgIpc) is 2.41. The second kappa shape index (κ2) is 8.13. The maximum atomic E-state index is 11.2. The molecule has 0 saturated heterocycles. The standard InChI is InChI=1S/C15H33N2O/c1-7-14(8-2,16-10-4)15(18,9-3)13-17(11-5)12-6/h16,18H,4,7-13H2,1-3,5-6H3. The molecule has 2 N–H and O–H groups in total. The van der Waals surface area contributed by atoms with Crippen LogP contribution in [0.5, 0.6) is 0 Å². The summed E-state index contributed by atoms with van der Waals surface area (Å²) in [5.74, 6) is 0. The van der Waals surface area contributed by atoms with Crippen LogP contribution in [0.1, 0.15) is 53.9 Å². The fourth-order valence-corrected chi connectivity index (χ4v) is 2.98. The van der Waals surface area contributed by atoms with Gasteiger partial charge in [-0.15, -0.1) is 0 Å². The minimum absolute atomic E-state index is 0.230. The molecular weight excluding hydrogens is 224 g/mol. The fourth-order valence-electron chi connectivity index (χ4n) is 2.98. The van der Waals surface area contributed by atoms with E-state index in [1.165, 1.54) is 0 Å². The molecule has 1 unspecified atom stereocenters. The Labute approximate surface area is 114 Å². The lowest BCUT2D eigenvalue weighted by atomic mass is 9.73. The molecule has 109 valence electrons. The van der Waals surface area contributed by atoms with Crippen LogP contribution in [0, 0.1) is 6.92 Å². The van der Waals surface area contributed by atoms with Crippen molar-refractivity contribution in [1.29, 1.82) is 0 Å². The predicted octanol–water partition coefficient (Wildman–Crippen LogP) is 2.45. The smallest absolute Gasteiger partial charge is 0.0951 e. The van der Waals surface area contributed by atoms with Crippen molar-refractivity contribution in [2.24, 2.45) is 0 Å². The first-order chi connectivity index (χ1) is 8.49. The molecule has 0 aliphatic rings. The Morgan fingerprint density at radius 1 is 1.00 bits per heavy atom. The van der Waals surface area contributed by atoms with Crippen LogP contribution in [-0.4, -0.2) is 47.3 Å². The van der Waals surface area contributed by atoms with Gasteiger partial charge >= 0.3 is 0 Å². The van der Waals surface area contributed by atoms with Crippen LogP contribution in [0.15, 0.2) is 0 Å². The number of nitrogens with zero attached hydrogens (tertiary/aromatic N) is 1. The van der Waals surface area contributed by atoms with Gasteiger partial charge in [-0.05, 0) is 45.8 Å². The molecule has 0 rings (SSSR count). The molecule has 3 nitrogen and oxygen atoms in total. The molecule has 1 radical (unpaired) electrons. The Kier molecular flexibility index (Phi) is 8.08. The van der Waals surface area contributed by atoms with Crippen molar-refractivity contribution in [3.63, 3.8) is 0 Å². The molecule has 18 heavy (non-hydrogen) atoms. The van der Waals surface area contributed by atoms with Gasteiger partial charge in [0.1, 0.15) is 0 Å². The third-order valence-corrected chi connectivity index (χ3v) is 4.53. The van der Waals surface area contributed by atoms with Gasteiger partial charge in [-0.25, -0.2) is 0 Å². The number of nitrogens with one attached hydrogen (secondary N) is 1. The zero-order valence-electron chi connectivity index (χ0n) is 13.1. The lowest BCUT2D eigenvalue weighted by Gasteiger charge is -2.49. The summed E-state index contributed by atoms with van der Waals surface area (Å²) in [7, 11) is 0. The number of hydrogen-bond donors (Lipinski definition) is 2. The average molecular weight is 257 g/mol. The van der Waals surface area contributed by atoms with Gasteiger partial charge in [-0.3, -0.25) is 0 Å². The highest BCUT2D eigenvalue weighted by Crippen LogP contribution is 2.33. The summed E-state index contributed by atoms with van der Waals surface area (Å²) >= 11 is 0. The van der Waals surface area contributed by atoms with Gasteiger partial charge in [0, 0.05) is 12.1 Å². The Morgan fingerprint density at radius 3 is 1.78 bits per heavy atom. The Morgan fingerprint density at radius 2 is 1.50 bits per heavy atom. The third-order valence-electron chi connectivity index (χ3n) is 4.53. The maximum Gasteiger partial charge on any atom is 0.0951 e. The molecule has 0 aromatic rings. The lowest BCUT2D eigenvalue weighted by molar-refractivity contribution is -0.0799. The summed E-state index contributed by atoms with van der Waals surface area (Å²) in [5, 5.41) is 14.6. The minimum Gasteiger partial charge on any atom is -0.387 e. The molecule has 0 aromatic carbocycles. The zero-order chi connectivity index (χ0) is 14.2. The number of likely N-dealkylation sites (N-methyl/N-ethyl adjacent to an activating group) is 1. The van der Waals surface area contributed by atoms with Crippen LogP contribution in [0.2, 0.25) is 0 Å². The Balaban J connectivity index is 5.17. The summed E-state index contributed by atoms with van der Waals surface area (Å²) in [5.41, 5.74) is -0.924. The van der Waals surface area contributed by atoms with Crippen LogP contribution < -0.4 is 5.32 Å². The van der Waals surface area contributed by atoms with Crippen LogP contribution in [0.3, 0.4) is 0 Å². The van der Waals surface area contributed by atoms with E-state index in [9.17, 15) is 5.11 Å². The van der Waals surface area contributed by atoms with E-state index < -0.39 is 5.60 Å². The summed E-state index contributed by atoms with van der Waals surface area (Å²) in [4.78, 5) is 2.30. The van der Waals surface area contributed by atoms with Gasteiger partial charge in [-0.2, -0.15) is 0 Å². The highest BCUT2D eigenvalue weighted by atomic mass is 16.3. The van der Waals surface area contributed by atoms with Crippen molar-refractivity contribution in [2.45, 2.75) is 65.0 Å². The first-order valence-electron chi connectivity index (χ1n) is 7.48. The second-order valence-corrected chi connectivity index (χ2v) is 5.06. The van der Waals surface area contributed by atoms with E-state index in [0.29, 0.717) is 6.54 Å². The van der Waals surface area contributed by atoms with E-state index >= 15 is 0 Å². The van der Waals surface area contributed by atoms with Gasteiger partial charge in [0.05, 0.1) is 5.60 Å². The zero-order valence-corrected chi connectivity index (χ0v) is 13.1. The molecule has 0 amide bonds. The van der Waals surface area contributed by atoms with Gasteiger partial charge in [-0.1, -0.05) is 34.6 Å². The van der Waals surface area contributed by atoms with Crippen molar-refractivity contribution in [2.75, 3.05) is 26.2 Å². The van der Waals surface area contributed by atoms with E-state index in [-0.39, 0.29) is 5.54 Å². The molecule has 0 aromatic heterocycles. The lowest BCUT2D eigenvalue weighted by Crippen LogP contribution is -2.66. The van der Waals surface area contributed by atoms with Gasteiger partial charge < -0.3 is 15.3 Å². The minimum atomic E-state index is -0.694. The molecule has 0 aliphatic carbocycles. The van der Waals surface area contributed by atoms with E-state index in [0.717, 1.165) is 38.9 Å². The molecule has 0 heterocycles. The van der Waals surface area contributed by atoms with Crippen LogP contribution in [0.4, 0.5) is 0 Å². The van der Waals surface area contributed by atoms with E-state index in [2.05, 4.69) is 51.8 Å². The van der Waals surface area contributed by atoms with Crippen LogP contribution in [-0.2, 0) is 0 Å². The van der Waals surface area contributed by atoms with Gasteiger partial charge in [0.2, 0.25) is 0 Å². The number of hydrogen-bond acceptors (Lipinski definition) is 3. The second-order valence-electron chi connectivity index (χ2n) is 5.06. The van der Waals surface area contributed by atoms with Crippen molar-refractivity contribution in [1.82, 2.24) is 10.2 Å². The summed E-state index contributed by atoms with van der Waals surface area (Å²) < 4.78 is 0. The molecule has 0 spiro atoms. The van der Waals surface area contributed by atoms with Crippen LogP contribution in [0.25, 0.3) is 0 Å². The van der Waals surface area contributed by atoms with E-state index in [4.69, 9.17) is 0 Å². The fraction of sp³-hybridized carbons (Fsp3) is 0.933. The highest BCUT2D eigenvalue weighted by molar-refractivity contribution is 5.05. The number of rotatable bonds is 10. The third kappa shape index (κ3) is 3.69. The van der Waals surface area contributed by atoms with Gasteiger partial charge in [0.15, 0.2) is 0 Å². The SMILES string of the molecule is [CH2]CNC(CC)(CC)C(O)(CC)CN(CC)CC. The monoisotopic (exact) mass is 257 g/mol. The number of aliphatic hydroxyl groups is 1. The molecular formula is C15H33N2O. The normalized spacial score (nSPS) is 16.0. The first-order valence-corrected chi connectivity index (χ1v) is 7.48. The predicted molar refractivity (Wildman–Crippen MR) is 79.7 cm³/mol. The molecule has 0 bridgehead atoms. The van der Waals surface area contributed by atoms with Crippen molar-refractivity contribution in [3.05, 3.63) is 6.92 Å².